The lowest BCUT2D eigenvalue weighted by Crippen LogP contribution is -2.25. The molecule has 5 rings (SSSR count). The Morgan fingerprint density at radius 3 is 2.23 bits per heavy atom. The molecule has 7 heteroatoms. The maximum atomic E-state index is 12.5. The number of carbonyl (C=O) groups excluding carboxylic acids is 1. The predicted octanol–water partition coefficient (Wildman–Crippen LogP) is 5.14. The van der Waals surface area contributed by atoms with E-state index < -0.39 is 11.2 Å². The molecule has 1 aliphatic rings. The van der Waals surface area contributed by atoms with Crippen LogP contribution in [0, 0.1) is 10.1 Å². The molecule has 0 saturated carbocycles. The smallest absolute Gasteiger partial charge is 0.270 e. The lowest BCUT2D eigenvalue weighted by Gasteiger charge is -2.22. The Hall–Kier alpha value is -4.26. The van der Waals surface area contributed by atoms with E-state index in [0.29, 0.717) is 5.56 Å². The highest BCUT2D eigenvalue weighted by molar-refractivity contribution is 6.04. The summed E-state index contributed by atoms with van der Waals surface area (Å²) >= 11 is 0. The van der Waals surface area contributed by atoms with Crippen LogP contribution in [0.4, 0.5) is 5.69 Å². The van der Waals surface area contributed by atoms with Gasteiger partial charge >= 0.3 is 0 Å². The number of nitro groups is 1. The van der Waals surface area contributed by atoms with Gasteiger partial charge in [-0.15, -0.1) is 5.10 Å². The third-order valence-electron chi connectivity index (χ3n) is 5.33. The van der Waals surface area contributed by atoms with E-state index in [9.17, 15) is 14.9 Å². The van der Waals surface area contributed by atoms with Crippen molar-refractivity contribution >= 4 is 39.0 Å². The Bertz CT molecular complexity index is 1340. The maximum absolute atomic E-state index is 12.5. The molecule has 0 aromatic heterocycles. The zero-order valence-electron chi connectivity index (χ0n) is 16.6. The first-order valence-corrected chi connectivity index (χ1v) is 9.73. The van der Waals surface area contributed by atoms with Gasteiger partial charge in [-0.2, -0.15) is 5.01 Å². The summed E-state index contributed by atoms with van der Waals surface area (Å²) in [5, 5.41) is 20.8. The monoisotopic (exact) mass is 411 g/mol. The van der Waals surface area contributed by atoms with Crippen molar-refractivity contribution in [2.45, 2.75) is 13.2 Å². The molecule has 0 unspecified atom stereocenters. The maximum Gasteiger partial charge on any atom is 0.270 e. The van der Waals surface area contributed by atoms with Gasteiger partial charge in [-0.3, -0.25) is 14.9 Å². The first kappa shape index (κ1) is 18.7. The average molecular weight is 411 g/mol. The molecular weight excluding hydrogens is 394 g/mol. The van der Waals surface area contributed by atoms with Crippen LogP contribution in [0.15, 0.2) is 84.0 Å². The molecule has 1 amide bonds. The van der Waals surface area contributed by atoms with E-state index in [1.807, 2.05) is 48.5 Å². The number of ether oxygens (including phenoxy) is 1. The topological polar surface area (TPSA) is 85.0 Å². The van der Waals surface area contributed by atoms with Gasteiger partial charge in [-0.05, 0) is 33.7 Å². The SMILES string of the molecule is CC(=O)N1N=C(c2cccc([N+](=O)[O-])c2)O[C@H]1c1c2ccccc2cc2ccccc12. The molecule has 1 atom stereocenters. The van der Waals surface area contributed by atoms with E-state index in [0.717, 1.165) is 27.1 Å². The summed E-state index contributed by atoms with van der Waals surface area (Å²) in [7, 11) is 0. The number of hydrogen-bond donors (Lipinski definition) is 0. The van der Waals surface area contributed by atoms with Crippen LogP contribution in [0.5, 0.6) is 0 Å². The first-order chi connectivity index (χ1) is 15.0. The van der Waals surface area contributed by atoms with Crippen LogP contribution < -0.4 is 0 Å². The number of nitro benzene ring substituents is 1. The first-order valence-electron chi connectivity index (χ1n) is 9.73. The number of fused-ring (bicyclic) bond motifs is 2. The van der Waals surface area contributed by atoms with Gasteiger partial charge < -0.3 is 4.74 Å². The van der Waals surface area contributed by atoms with Gasteiger partial charge in [0.2, 0.25) is 18.0 Å². The molecule has 0 bridgehead atoms. The zero-order chi connectivity index (χ0) is 21.5. The molecule has 0 spiro atoms. The van der Waals surface area contributed by atoms with Crippen LogP contribution in [0.3, 0.4) is 0 Å². The van der Waals surface area contributed by atoms with Gasteiger partial charge in [0.25, 0.3) is 5.69 Å². The van der Waals surface area contributed by atoms with Crippen molar-refractivity contribution in [2.24, 2.45) is 5.10 Å². The Balaban J connectivity index is 1.69. The van der Waals surface area contributed by atoms with Gasteiger partial charge in [0.1, 0.15) is 0 Å². The molecule has 0 radical (unpaired) electrons. The van der Waals surface area contributed by atoms with Crippen LogP contribution in [0.2, 0.25) is 0 Å². The molecule has 0 aliphatic carbocycles. The molecule has 4 aromatic rings. The van der Waals surface area contributed by atoms with E-state index >= 15 is 0 Å². The van der Waals surface area contributed by atoms with Crippen LogP contribution in [0.1, 0.15) is 24.3 Å². The van der Waals surface area contributed by atoms with Crippen molar-refractivity contribution in [2.75, 3.05) is 0 Å². The third-order valence-corrected chi connectivity index (χ3v) is 5.33. The number of amides is 1. The number of hydrogen-bond acceptors (Lipinski definition) is 5. The van der Waals surface area contributed by atoms with Crippen LogP contribution in [-0.4, -0.2) is 21.7 Å². The van der Waals surface area contributed by atoms with E-state index in [1.165, 1.54) is 24.1 Å². The number of carbonyl (C=O) groups is 1. The second-order valence-electron chi connectivity index (χ2n) is 7.28. The minimum Gasteiger partial charge on any atom is -0.446 e. The highest BCUT2D eigenvalue weighted by atomic mass is 16.6. The third kappa shape index (κ3) is 3.16. The second-order valence-corrected chi connectivity index (χ2v) is 7.28. The Morgan fingerprint density at radius 2 is 1.61 bits per heavy atom. The number of hydrazone groups is 1. The molecular formula is C24H17N3O4. The van der Waals surface area contributed by atoms with Gasteiger partial charge in [0, 0.05) is 30.2 Å². The predicted molar refractivity (Wildman–Crippen MR) is 117 cm³/mol. The van der Waals surface area contributed by atoms with Crippen molar-refractivity contribution in [3.63, 3.8) is 0 Å². The van der Waals surface area contributed by atoms with Crippen LogP contribution >= 0.6 is 0 Å². The summed E-state index contributed by atoms with van der Waals surface area (Å²) < 4.78 is 6.19. The Kier molecular flexibility index (Phi) is 4.36. The summed E-state index contributed by atoms with van der Waals surface area (Å²) in [6, 6.07) is 23.9. The highest BCUT2D eigenvalue weighted by Gasteiger charge is 2.35. The van der Waals surface area contributed by atoms with Crippen molar-refractivity contribution in [3.8, 4) is 0 Å². The molecule has 1 heterocycles. The van der Waals surface area contributed by atoms with Gasteiger partial charge in [0.05, 0.1) is 4.92 Å². The molecule has 152 valence electrons. The number of rotatable bonds is 3. The van der Waals surface area contributed by atoms with Crippen molar-refractivity contribution < 1.29 is 14.5 Å². The Labute approximate surface area is 177 Å². The fraction of sp³-hybridized carbons (Fsp3) is 0.0833. The molecule has 0 saturated heterocycles. The van der Waals surface area contributed by atoms with Gasteiger partial charge in [0.15, 0.2) is 0 Å². The summed E-state index contributed by atoms with van der Waals surface area (Å²) in [6.07, 6.45) is -0.789. The number of benzene rings is 4. The van der Waals surface area contributed by atoms with E-state index in [-0.39, 0.29) is 17.5 Å². The van der Waals surface area contributed by atoms with Gasteiger partial charge in [-0.25, -0.2) is 0 Å². The van der Waals surface area contributed by atoms with Crippen molar-refractivity contribution in [1.29, 1.82) is 0 Å². The molecule has 0 fully saturated rings. The fourth-order valence-corrected chi connectivity index (χ4v) is 3.94. The fourth-order valence-electron chi connectivity index (χ4n) is 3.94. The lowest BCUT2D eigenvalue weighted by molar-refractivity contribution is -0.384. The average Bonchev–Trinajstić information content (AvgIpc) is 3.23. The second kappa shape index (κ2) is 7.21. The van der Waals surface area contributed by atoms with E-state index in [4.69, 9.17) is 4.74 Å². The largest absolute Gasteiger partial charge is 0.446 e. The van der Waals surface area contributed by atoms with Gasteiger partial charge in [-0.1, -0.05) is 54.6 Å². The zero-order valence-corrected chi connectivity index (χ0v) is 16.6. The summed E-state index contributed by atoms with van der Waals surface area (Å²) in [4.78, 5) is 23.2. The Morgan fingerprint density at radius 1 is 0.968 bits per heavy atom. The molecule has 7 nitrogen and oxygen atoms in total. The summed E-state index contributed by atoms with van der Waals surface area (Å²) in [5.41, 5.74) is 1.19. The summed E-state index contributed by atoms with van der Waals surface area (Å²) in [5.74, 6) is -0.122. The molecule has 4 aromatic carbocycles. The number of non-ortho nitro benzene ring substituents is 1. The van der Waals surface area contributed by atoms with Crippen LogP contribution in [0.25, 0.3) is 21.5 Å². The highest BCUT2D eigenvalue weighted by Crippen LogP contribution is 2.39. The van der Waals surface area contributed by atoms with Crippen molar-refractivity contribution in [1.82, 2.24) is 5.01 Å². The van der Waals surface area contributed by atoms with Crippen molar-refractivity contribution in [3.05, 3.63) is 100 Å². The number of nitrogens with zero attached hydrogens (tertiary/aromatic N) is 3. The summed E-state index contributed by atoms with van der Waals surface area (Å²) in [6.45, 7) is 1.42. The standard InChI is InChI=1S/C24H17N3O4/c1-15(28)26-24(31-23(25-26)18-9-6-10-19(14-18)27(29)30)22-20-11-4-2-7-16(20)13-17-8-3-5-12-21(17)22/h2-14,24H,1H3/t24-/m0/s1. The van der Waals surface area contributed by atoms with E-state index in [2.05, 4.69) is 11.2 Å². The minimum atomic E-state index is -0.789. The van der Waals surface area contributed by atoms with Crippen LogP contribution in [-0.2, 0) is 9.53 Å². The lowest BCUT2D eigenvalue weighted by atomic mass is 9.95. The van der Waals surface area contributed by atoms with E-state index in [1.54, 1.807) is 12.1 Å². The quantitative estimate of drug-likeness (QED) is 0.265. The molecule has 1 aliphatic heterocycles. The normalized spacial score (nSPS) is 15.7. The minimum absolute atomic E-state index is 0.0720. The molecule has 0 N–H and O–H groups in total. The molecule has 31 heavy (non-hydrogen) atoms.